The number of halogens is 2. The van der Waals surface area contributed by atoms with Gasteiger partial charge in [-0.05, 0) is 30.7 Å². The summed E-state index contributed by atoms with van der Waals surface area (Å²) in [5, 5.41) is 4.23. The summed E-state index contributed by atoms with van der Waals surface area (Å²) in [5.41, 5.74) is 0.896. The Labute approximate surface area is 98.6 Å². The summed E-state index contributed by atoms with van der Waals surface area (Å²) in [6, 6.07) is 5.31. The van der Waals surface area contributed by atoms with Gasteiger partial charge in [-0.3, -0.25) is 4.79 Å². The number of Topliss-reactive ketones (excluding diaryl/α,β-unsaturated/α-hetero) is 1. The second kappa shape index (κ2) is 4.52. The normalized spacial score (nSPS) is 21.7. The summed E-state index contributed by atoms with van der Waals surface area (Å²) < 4.78 is 0. The lowest BCUT2D eigenvalue weighted by atomic mass is 9.89. The Morgan fingerprint density at radius 1 is 1.33 bits per heavy atom. The molecule has 4 heteroatoms. The first-order valence-corrected chi connectivity index (χ1v) is 5.62. The van der Waals surface area contributed by atoms with Crippen molar-refractivity contribution in [2.24, 2.45) is 0 Å². The van der Waals surface area contributed by atoms with Crippen molar-refractivity contribution < 1.29 is 4.79 Å². The average Bonchev–Trinajstić information content (AvgIpc) is 2.20. The van der Waals surface area contributed by atoms with Gasteiger partial charge in [-0.1, -0.05) is 29.3 Å². The number of piperidine rings is 1. The SMILES string of the molecule is O=C1CNCCC1c1ccc(Cl)cc1Cl. The molecule has 15 heavy (non-hydrogen) atoms. The number of carbonyl (C=O) groups is 1. The number of hydrogen-bond acceptors (Lipinski definition) is 2. The van der Waals surface area contributed by atoms with E-state index in [0.717, 1.165) is 18.5 Å². The van der Waals surface area contributed by atoms with Gasteiger partial charge in [0.05, 0.1) is 6.54 Å². The predicted octanol–water partition coefficient (Wildman–Crippen LogP) is 2.64. The molecule has 1 unspecified atom stereocenters. The van der Waals surface area contributed by atoms with Crippen LogP contribution in [0.1, 0.15) is 17.9 Å². The zero-order chi connectivity index (χ0) is 10.8. The highest BCUT2D eigenvalue weighted by Crippen LogP contribution is 2.30. The van der Waals surface area contributed by atoms with Crippen LogP contribution in [0, 0.1) is 0 Å². The zero-order valence-corrected chi connectivity index (χ0v) is 9.61. The molecule has 1 aromatic carbocycles. The van der Waals surface area contributed by atoms with Crippen LogP contribution >= 0.6 is 23.2 Å². The molecule has 1 aliphatic rings. The summed E-state index contributed by atoms with van der Waals surface area (Å²) in [6.07, 6.45) is 0.806. The van der Waals surface area contributed by atoms with Gasteiger partial charge in [0, 0.05) is 16.0 Å². The average molecular weight is 244 g/mol. The highest BCUT2D eigenvalue weighted by molar-refractivity contribution is 6.35. The zero-order valence-electron chi connectivity index (χ0n) is 8.09. The quantitative estimate of drug-likeness (QED) is 0.822. The van der Waals surface area contributed by atoms with Crippen LogP contribution in [0.5, 0.6) is 0 Å². The van der Waals surface area contributed by atoms with Gasteiger partial charge >= 0.3 is 0 Å². The second-order valence-electron chi connectivity index (χ2n) is 3.65. The van der Waals surface area contributed by atoms with E-state index in [1.54, 1.807) is 12.1 Å². The third-order valence-electron chi connectivity index (χ3n) is 2.64. The first-order valence-electron chi connectivity index (χ1n) is 4.87. The Balaban J connectivity index is 2.31. The molecule has 0 aliphatic carbocycles. The van der Waals surface area contributed by atoms with Crippen molar-refractivity contribution in [2.45, 2.75) is 12.3 Å². The Kier molecular flexibility index (Phi) is 3.29. The first kappa shape index (κ1) is 10.9. The van der Waals surface area contributed by atoms with E-state index in [2.05, 4.69) is 5.32 Å². The fourth-order valence-corrected chi connectivity index (χ4v) is 2.40. The summed E-state index contributed by atoms with van der Waals surface area (Å²) in [5.74, 6) is 0.126. The molecule has 0 radical (unpaired) electrons. The molecule has 0 amide bonds. The fourth-order valence-electron chi connectivity index (χ4n) is 1.86. The first-order chi connectivity index (χ1) is 7.18. The number of ketones is 1. The molecule has 0 bridgehead atoms. The maximum absolute atomic E-state index is 11.7. The van der Waals surface area contributed by atoms with Gasteiger partial charge in [0.2, 0.25) is 0 Å². The van der Waals surface area contributed by atoms with E-state index in [4.69, 9.17) is 23.2 Å². The minimum Gasteiger partial charge on any atom is -0.310 e. The van der Waals surface area contributed by atoms with E-state index >= 15 is 0 Å². The van der Waals surface area contributed by atoms with Gasteiger partial charge in [0.25, 0.3) is 0 Å². The number of rotatable bonds is 1. The Hall–Kier alpha value is -0.570. The van der Waals surface area contributed by atoms with Crippen LogP contribution in [0.3, 0.4) is 0 Å². The van der Waals surface area contributed by atoms with Gasteiger partial charge in [0.15, 0.2) is 5.78 Å². The summed E-state index contributed by atoms with van der Waals surface area (Å²) >= 11 is 11.9. The minimum atomic E-state index is -0.0731. The lowest BCUT2D eigenvalue weighted by molar-refractivity contribution is -0.120. The smallest absolute Gasteiger partial charge is 0.154 e. The molecular formula is C11H11Cl2NO. The van der Waals surface area contributed by atoms with Gasteiger partial charge < -0.3 is 5.32 Å². The third kappa shape index (κ3) is 2.33. The highest BCUT2D eigenvalue weighted by atomic mass is 35.5. The van der Waals surface area contributed by atoms with Crippen molar-refractivity contribution in [3.05, 3.63) is 33.8 Å². The maximum Gasteiger partial charge on any atom is 0.154 e. The van der Waals surface area contributed by atoms with Crippen LogP contribution in [0.4, 0.5) is 0 Å². The van der Waals surface area contributed by atoms with Gasteiger partial charge in [-0.2, -0.15) is 0 Å². The standard InChI is InChI=1S/C11H11Cl2NO/c12-7-1-2-8(10(13)5-7)9-3-4-14-6-11(9)15/h1-2,5,9,14H,3-4,6H2. The molecule has 2 nitrogen and oxygen atoms in total. The van der Waals surface area contributed by atoms with Crippen molar-refractivity contribution in [1.82, 2.24) is 5.32 Å². The molecule has 0 spiro atoms. The Bertz CT molecular complexity index is 392. The largest absolute Gasteiger partial charge is 0.310 e. The third-order valence-corrected chi connectivity index (χ3v) is 3.20. The van der Waals surface area contributed by atoms with Crippen LogP contribution in [-0.2, 0) is 4.79 Å². The molecule has 80 valence electrons. The van der Waals surface area contributed by atoms with Crippen LogP contribution in [0.2, 0.25) is 10.0 Å². The molecule has 1 aromatic rings. The monoisotopic (exact) mass is 243 g/mol. The summed E-state index contributed by atoms with van der Waals surface area (Å²) in [6.45, 7) is 1.29. The molecule has 0 saturated carbocycles. The summed E-state index contributed by atoms with van der Waals surface area (Å²) in [4.78, 5) is 11.7. The van der Waals surface area contributed by atoms with Crippen LogP contribution in [0.25, 0.3) is 0 Å². The van der Waals surface area contributed by atoms with E-state index in [-0.39, 0.29) is 11.7 Å². The molecule has 1 aliphatic heterocycles. The van der Waals surface area contributed by atoms with E-state index in [0.29, 0.717) is 16.6 Å². The van der Waals surface area contributed by atoms with Gasteiger partial charge in [-0.25, -0.2) is 0 Å². The van der Waals surface area contributed by atoms with E-state index in [1.165, 1.54) is 0 Å². The molecule has 1 fully saturated rings. The Morgan fingerprint density at radius 2 is 2.13 bits per heavy atom. The second-order valence-corrected chi connectivity index (χ2v) is 4.49. The molecule has 2 rings (SSSR count). The highest BCUT2D eigenvalue weighted by Gasteiger charge is 2.25. The Morgan fingerprint density at radius 3 is 2.80 bits per heavy atom. The van der Waals surface area contributed by atoms with Crippen molar-refractivity contribution >= 4 is 29.0 Å². The molecule has 1 atom stereocenters. The van der Waals surface area contributed by atoms with Gasteiger partial charge in [0.1, 0.15) is 0 Å². The van der Waals surface area contributed by atoms with E-state index in [1.807, 2.05) is 6.07 Å². The van der Waals surface area contributed by atoms with Crippen molar-refractivity contribution in [3.8, 4) is 0 Å². The number of hydrogen-bond donors (Lipinski definition) is 1. The van der Waals surface area contributed by atoms with Crippen LogP contribution < -0.4 is 5.32 Å². The minimum absolute atomic E-state index is 0.0731. The van der Waals surface area contributed by atoms with Crippen molar-refractivity contribution in [2.75, 3.05) is 13.1 Å². The van der Waals surface area contributed by atoms with E-state index in [9.17, 15) is 4.79 Å². The molecule has 0 aromatic heterocycles. The number of benzene rings is 1. The lowest BCUT2D eigenvalue weighted by Gasteiger charge is -2.22. The van der Waals surface area contributed by atoms with Gasteiger partial charge in [-0.15, -0.1) is 0 Å². The predicted molar refractivity (Wildman–Crippen MR) is 61.7 cm³/mol. The van der Waals surface area contributed by atoms with Crippen LogP contribution in [-0.4, -0.2) is 18.9 Å². The molecular weight excluding hydrogens is 233 g/mol. The molecule has 1 saturated heterocycles. The molecule has 1 heterocycles. The van der Waals surface area contributed by atoms with Crippen molar-refractivity contribution in [3.63, 3.8) is 0 Å². The number of carbonyl (C=O) groups excluding carboxylic acids is 1. The topological polar surface area (TPSA) is 29.1 Å². The molecule has 1 N–H and O–H groups in total. The van der Waals surface area contributed by atoms with Crippen LogP contribution in [0.15, 0.2) is 18.2 Å². The maximum atomic E-state index is 11.7. The fraction of sp³-hybridized carbons (Fsp3) is 0.364. The lowest BCUT2D eigenvalue weighted by Crippen LogP contribution is -2.35. The number of nitrogens with one attached hydrogen (secondary N) is 1. The summed E-state index contributed by atoms with van der Waals surface area (Å²) in [7, 11) is 0. The van der Waals surface area contributed by atoms with Crippen molar-refractivity contribution in [1.29, 1.82) is 0 Å². The van der Waals surface area contributed by atoms with E-state index < -0.39 is 0 Å².